The van der Waals surface area contributed by atoms with E-state index in [1.807, 2.05) is 24.3 Å². The molecule has 0 fully saturated rings. The van der Waals surface area contributed by atoms with Gasteiger partial charge in [0.15, 0.2) is 0 Å². The van der Waals surface area contributed by atoms with Crippen LogP contribution in [0.4, 0.5) is 0 Å². The maximum atomic E-state index is 12.6. The zero-order valence-corrected chi connectivity index (χ0v) is 26.9. The van der Waals surface area contributed by atoms with Crippen molar-refractivity contribution in [2.45, 2.75) is 122 Å². The van der Waals surface area contributed by atoms with Gasteiger partial charge in [0.2, 0.25) is 0 Å². The second kappa shape index (κ2) is 14.3. The van der Waals surface area contributed by atoms with Crippen LogP contribution in [0.15, 0.2) is 46.2 Å². The number of unbranched alkanes of at least 4 members (excludes halogenated alkanes) is 1. The van der Waals surface area contributed by atoms with Crippen molar-refractivity contribution in [2.24, 2.45) is 16.6 Å². The third-order valence-corrected chi connectivity index (χ3v) is 7.25. The first kappa shape index (κ1) is 35.8. The molecule has 0 aliphatic rings. The molecule has 0 atom stereocenters. The number of hydrogen-bond donors (Lipinski definition) is 1. The van der Waals surface area contributed by atoms with Crippen molar-refractivity contribution in [1.82, 2.24) is 0 Å². The van der Waals surface area contributed by atoms with Gasteiger partial charge in [-0.05, 0) is 70.7 Å². The third kappa shape index (κ3) is 12.5. The molecule has 2 aromatic carbocycles. The van der Waals surface area contributed by atoms with E-state index < -0.39 is 0 Å². The van der Waals surface area contributed by atoms with Crippen molar-refractivity contribution in [3.63, 3.8) is 0 Å². The molecule has 0 unspecified atom stereocenters. The maximum absolute atomic E-state index is 12.6. The minimum Gasteiger partial charge on any atom is -0.872 e. The summed E-state index contributed by atoms with van der Waals surface area (Å²) in [6.45, 7) is 25.3. The Hall–Kier alpha value is -1.16. The average molecular weight is 573 g/mol. The normalized spacial score (nSPS) is 12.4. The summed E-state index contributed by atoms with van der Waals surface area (Å²) in [4.78, 5) is 1.25. The van der Waals surface area contributed by atoms with E-state index in [1.54, 1.807) is 12.1 Å². The van der Waals surface area contributed by atoms with Crippen molar-refractivity contribution in [3.8, 4) is 11.5 Å². The number of benzene rings is 2. The molecule has 0 heterocycles. The van der Waals surface area contributed by atoms with Crippen LogP contribution >= 0.6 is 11.8 Å². The number of rotatable bonds is 8. The molecule has 0 saturated carbocycles. The van der Waals surface area contributed by atoms with E-state index in [4.69, 9.17) is 5.73 Å². The quantitative estimate of drug-likeness (QED) is 0.324. The molecule has 0 aromatic heterocycles. The molecule has 1 radical (unpaired) electrons. The SMILES string of the molecule is CC(C)(C)CC(C)(C)c1ccc([O-])c(Sc2cc(C(C)(C)CC(C)(C)C)ccc2[O-])c1.CCCCN.[Ni+3]. The molecule has 3 nitrogen and oxygen atoms in total. The third-order valence-electron chi connectivity index (χ3n) is 6.17. The molecule has 211 valence electrons. The first-order valence-electron chi connectivity index (χ1n) is 13.3. The van der Waals surface area contributed by atoms with Crippen molar-refractivity contribution < 1.29 is 26.7 Å². The molecule has 0 bridgehead atoms. The van der Waals surface area contributed by atoms with Gasteiger partial charge in [-0.2, -0.15) is 0 Å². The Morgan fingerprint density at radius 2 is 1.03 bits per heavy atom. The van der Waals surface area contributed by atoms with E-state index in [2.05, 4.69) is 76.2 Å². The van der Waals surface area contributed by atoms with E-state index in [-0.39, 0.29) is 49.7 Å². The summed E-state index contributed by atoms with van der Waals surface area (Å²) in [6, 6.07) is 11.2. The Morgan fingerprint density at radius 1 is 0.676 bits per heavy atom. The van der Waals surface area contributed by atoms with Crippen LogP contribution in [0.2, 0.25) is 0 Å². The zero-order valence-electron chi connectivity index (χ0n) is 25.1. The second-order valence-electron chi connectivity index (χ2n) is 13.8. The Balaban J connectivity index is 0.00000196. The largest absolute Gasteiger partial charge is 3.00 e. The smallest absolute Gasteiger partial charge is 0.872 e. The fourth-order valence-corrected chi connectivity index (χ4v) is 6.14. The summed E-state index contributed by atoms with van der Waals surface area (Å²) in [7, 11) is 0. The minimum absolute atomic E-state index is 0. The summed E-state index contributed by atoms with van der Waals surface area (Å²) in [5.74, 6) is -0.0573. The van der Waals surface area contributed by atoms with E-state index in [1.165, 1.54) is 24.6 Å². The predicted octanol–water partition coefficient (Wildman–Crippen LogP) is 8.16. The van der Waals surface area contributed by atoms with Gasteiger partial charge in [0.25, 0.3) is 0 Å². The summed E-state index contributed by atoms with van der Waals surface area (Å²) >= 11 is 1.31. The summed E-state index contributed by atoms with van der Waals surface area (Å²) in [6.07, 6.45) is 4.40. The van der Waals surface area contributed by atoms with Crippen LogP contribution in [-0.4, -0.2) is 6.54 Å². The Kier molecular flexibility index (Phi) is 13.8. The molecule has 5 heteroatoms. The summed E-state index contributed by atoms with van der Waals surface area (Å²) < 4.78 is 0. The van der Waals surface area contributed by atoms with E-state index in [0.717, 1.165) is 30.5 Å². The van der Waals surface area contributed by atoms with Gasteiger partial charge in [-0.25, -0.2) is 0 Å². The molecule has 0 spiro atoms. The maximum Gasteiger partial charge on any atom is 3.00 e. The monoisotopic (exact) mass is 571 g/mol. The van der Waals surface area contributed by atoms with Crippen molar-refractivity contribution in [1.29, 1.82) is 0 Å². The van der Waals surface area contributed by atoms with Crippen molar-refractivity contribution >= 4 is 11.8 Å². The van der Waals surface area contributed by atoms with E-state index in [0.29, 0.717) is 9.79 Å². The van der Waals surface area contributed by atoms with Crippen LogP contribution in [0.5, 0.6) is 11.5 Å². The molecule has 0 aliphatic carbocycles. The van der Waals surface area contributed by atoms with Gasteiger partial charge in [-0.15, -0.1) is 0 Å². The van der Waals surface area contributed by atoms with E-state index >= 15 is 0 Å². The molecule has 2 rings (SSSR count). The Labute approximate surface area is 242 Å². The van der Waals surface area contributed by atoms with Crippen LogP contribution < -0.4 is 15.9 Å². The average Bonchev–Trinajstić information content (AvgIpc) is 2.68. The van der Waals surface area contributed by atoms with Gasteiger partial charge < -0.3 is 15.9 Å². The topological polar surface area (TPSA) is 72.1 Å². The fraction of sp³-hybridized carbons (Fsp3) is 0.625. The van der Waals surface area contributed by atoms with Gasteiger partial charge in [-0.1, -0.05) is 130 Å². The second-order valence-corrected chi connectivity index (χ2v) is 14.9. The predicted molar refractivity (Wildman–Crippen MR) is 154 cm³/mol. The molecule has 0 aliphatic heterocycles. The van der Waals surface area contributed by atoms with Gasteiger partial charge in [0, 0.05) is 9.79 Å². The van der Waals surface area contributed by atoms with Crippen LogP contribution in [0, 0.1) is 10.8 Å². The Morgan fingerprint density at radius 3 is 1.27 bits per heavy atom. The minimum atomic E-state index is -0.0574. The van der Waals surface area contributed by atoms with Crippen molar-refractivity contribution in [2.75, 3.05) is 6.54 Å². The van der Waals surface area contributed by atoms with Gasteiger partial charge in [0.1, 0.15) is 0 Å². The standard InChI is InChI=1S/C28H42O2S.C4H11N.Ni/c1-25(2,3)17-27(7,8)19-11-13-21(29)23(15-19)31-24-16-20(12-14-22(24)30)28(9,10)18-26(4,5)6;1-2-3-4-5;/h11-16,29-30H,17-18H2,1-10H3;2-5H2,1H3;/q;;+3/p-2. The number of nitrogens with two attached hydrogens (primary N) is 1. The van der Waals surface area contributed by atoms with Crippen molar-refractivity contribution in [3.05, 3.63) is 47.5 Å². The first-order valence-corrected chi connectivity index (χ1v) is 14.1. The summed E-state index contributed by atoms with van der Waals surface area (Å²) in [5.41, 5.74) is 7.67. The fourth-order valence-electron chi connectivity index (χ4n) is 5.20. The summed E-state index contributed by atoms with van der Waals surface area (Å²) in [5, 5.41) is 25.3. The van der Waals surface area contributed by atoms with Crippen LogP contribution in [0.1, 0.15) is 113 Å². The molecular weight excluding hydrogens is 521 g/mol. The Bertz CT molecular complexity index is 894. The molecule has 37 heavy (non-hydrogen) atoms. The molecule has 0 amide bonds. The number of hydrogen-bond acceptors (Lipinski definition) is 4. The first-order chi connectivity index (χ1) is 16.3. The molecular formula is C32H51NNiO2S+. The van der Waals surface area contributed by atoms with Gasteiger partial charge in [-0.3, -0.25) is 0 Å². The van der Waals surface area contributed by atoms with Gasteiger partial charge in [0.05, 0.1) is 0 Å². The van der Waals surface area contributed by atoms with Crippen LogP contribution in [0.3, 0.4) is 0 Å². The van der Waals surface area contributed by atoms with E-state index in [9.17, 15) is 10.2 Å². The molecule has 2 N–H and O–H groups in total. The van der Waals surface area contributed by atoms with Crippen LogP contribution in [0.25, 0.3) is 0 Å². The molecule has 2 aromatic rings. The zero-order chi connectivity index (χ0) is 27.9. The molecule has 0 saturated heterocycles. The van der Waals surface area contributed by atoms with Gasteiger partial charge >= 0.3 is 16.5 Å². The van der Waals surface area contributed by atoms with Crippen LogP contribution in [-0.2, 0) is 27.3 Å².